The Morgan fingerprint density at radius 1 is 0.900 bits per heavy atom. The Hall–Kier alpha value is 4.98. The second kappa shape index (κ2) is 19.5. The van der Waals surface area contributed by atoms with Gasteiger partial charge in [-0.05, 0) is 0 Å². The van der Waals surface area contributed by atoms with Crippen LogP contribution in [0.5, 0.6) is 0 Å². The molecule has 4 nitrogen and oxygen atoms in total. The maximum absolute atomic E-state index is 8.52. The van der Waals surface area contributed by atoms with Gasteiger partial charge in [0.25, 0.3) is 0 Å². The van der Waals surface area contributed by atoms with Crippen molar-refractivity contribution in [3.05, 3.63) is 0 Å². The number of hydrogen-bond donors (Lipinski definition) is 0. The van der Waals surface area contributed by atoms with Crippen molar-refractivity contribution in [2.24, 2.45) is 0 Å². The Morgan fingerprint density at radius 2 is 0.900 bits per heavy atom. The predicted molar refractivity (Wildman–Crippen MR) is 16.2 cm³/mol. The molecule has 0 unspecified atom stereocenters. The molecule has 0 rings (SSSR count). The molecule has 0 saturated carbocycles. The summed E-state index contributed by atoms with van der Waals surface area (Å²) < 4.78 is 34.1. The molecular weight excluding hydrogens is 285 g/mol. The maximum Gasteiger partial charge on any atom is 2.00 e. The van der Waals surface area contributed by atoms with Crippen molar-refractivity contribution in [3.63, 3.8) is 0 Å². The molecule has 0 saturated heterocycles. The van der Waals surface area contributed by atoms with Gasteiger partial charge in [-0.1, -0.05) is 0 Å². The molecule has 0 aliphatic carbocycles. The van der Waals surface area contributed by atoms with E-state index in [2.05, 4.69) is 0 Å². The molecule has 0 heterocycles. The number of rotatable bonds is 0. The van der Waals surface area contributed by atoms with E-state index in [0.717, 1.165) is 0 Å². The van der Waals surface area contributed by atoms with E-state index < -0.39 is 10.4 Å². The van der Waals surface area contributed by atoms with Gasteiger partial charge in [-0.2, -0.15) is 0 Å². The molecule has 0 aromatic rings. The minimum absolute atomic E-state index is 0. The molecule has 0 radical (unpaired) electrons. The molecule has 0 aromatic heterocycles. The van der Waals surface area contributed by atoms with Gasteiger partial charge in [0.05, 0.1) is 0 Å². The van der Waals surface area contributed by atoms with Crippen LogP contribution >= 0.6 is 0 Å². The fourth-order valence-corrected chi connectivity index (χ4v) is 0. The minimum atomic E-state index is -5.17. The van der Waals surface area contributed by atoms with Crippen molar-refractivity contribution in [2.75, 3.05) is 0 Å². The molecule has 0 aliphatic heterocycles. The van der Waals surface area contributed by atoms with Crippen LogP contribution in [0.3, 0.4) is 0 Å². The summed E-state index contributed by atoms with van der Waals surface area (Å²) in [5.41, 5.74) is 0. The SMILES string of the molecule is O=S(=O)([O-])[O-].[Ca+2].[Cl-].[Cl-].[K+].[K+]. The molecule has 0 aliphatic rings. The molecule has 48 valence electrons. The summed E-state index contributed by atoms with van der Waals surface area (Å²) >= 11 is 0. The monoisotopic (exact) mass is 284 g/mol. The fraction of sp³-hybridized carbons (Fsp3) is 0. The zero-order valence-corrected chi connectivity index (χ0v) is 16.3. The quantitative estimate of drug-likeness (QED) is 0.251. The van der Waals surface area contributed by atoms with Gasteiger partial charge in [-0.25, -0.2) is 0 Å². The van der Waals surface area contributed by atoms with Gasteiger partial charge < -0.3 is 33.9 Å². The van der Waals surface area contributed by atoms with Crippen LogP contribution in [0.15, 0.2) is 0 Å². The van der Waals surface area contributed by atoms with E-state index in [1.807, 2.05) is 0 Å². The molecule has 10 heteroatoms. The van der Waals surface area contributed by atoms with Crippen molar-refractivity contribution in [1.29, 1.82) is 0 Å². The van der Waals surface area contributed by atoms with Crippen molar-refractivity contribution in [3.8, 4) is 0 Å². The molecule has 0 atom stereocenters. The van der Waals surface area contributed by atoms with Gasteiger partial charge in [0, 0.05) is 10.4 Å². The Balaban J connectivity index is -0.00000000800. The van der Waals surface area contributed by atoms with Crippen LogP contribution in [0.4, 0.5) is 0 Å². The molecular formula is CaCl2K2O4S. The average Bonchev–Trinajstić information content (AvgIpc) is 0.722. The van der Waals surface area contributed by atoms with Crippen LogP contribution in [0, 0.1) is 0 Å². The van der Waals surface area contributed by atoms with Crippen molar-refractivity contribution < 1.29 is 145 Å². The molecule has 0 aromatic carbocycles. The third-order valence-corrected chi connectivity index (χ3v) is 0. The van der Waals surface area contributed by atoms with E-state index >= 15 is 0 Å². The van der Waals surface area contributed by atoms with Crippen molar-refractivity contribution in [2.45, 2.75) is 0 Å². The molecule has 0 N–H and O–H groups in total. The smallest absolute Gasteiger partial charge is 1.00 e. The summed E-state index contributed by atoms with van der Waals surface area (Å²) in [6, 6.07) is 0. The van der Waals surface area contributed by atoms with Crippen LogP contribution in [0.25, 0.3) is 0 Å². The van der Waals surface area contributed by atoms with Crippen LogP contribution < -0.4 is 128 Å². The van der Waals surface area contributed by atoms with Gasteiger partial charge in [0.2, 0.25) is 0 Å². The molecule has 0 spiro atoms. The largest absolute Gasteiger partial charge is 2.00 e. The van der Waals surface area contributed by atoms with E-state index in [-0.39, 0.29) is 165 Å². The van der Waals surface area contributed by atoms with Gasteiger partial charge >= 0.3 is 141 Å². The van der Waals surface area contributed by atoms with Gasteiger partial charge in [-0.15, -0.1) is 0 Å². The first kappa shape index (κ1) is 36.3. The van der Waals surface area contributed by atoms with Crippen molar-refractivity contribution in [1.82, 2.24) is 0 Å². The Bertz CT molecular complexity index is 104. The summed E-state index contributed by atoms with van der Waals surface area (Å²) in [6.07, 6.45) is 0. The van der Waals surface area contributed by atoms with Crippen LogP contribution in [0.1, 0.15) is 0 Å². The summed E-state index contributed by atoms with van der Waals surface area (Å²) in [5, 5.41) is 0. The van der Waals surface area contributed by atoms with E-state index in [9.17, 15) is 0 Å². The summed E-state index contributed by atoms with van der Waals surface area (Å²) in [4.78, 5) is 0. The van der Waals surface area contributed by atoms with Gasteiger partial charge in [-0.3, -0.25) is 8.42 Å². The third-order valence-electron chi connectivity index (χ3n) is 0. The zero-order chi connectivity index (χ0) is 4.50. The van der Waals surface area contributed by atoms with Crippen LogP contribution in [0.2, 0.25) is 0 Å². The Labute approximate surface area is 187 Å². The summed E-state index contributed by atoms with van der Waals surface area (Å²) in [5.74, 6) is 0. The second-order valence-electron chi connectivity index (χ2n) is 0.408. The molecule has 0 amide bonds. The van der Waals surface area contributed by atoms with Gasteiger partial charge in [0.1, 0.15) is 0 Å². The zero-order valence-electron chi connectivity index (χ0n) is 5.50. The topological polar surface area (TPSA) is 80.3 Å². The Morgan fingerprint density at radius 3 is 0.900 bits per heavy atom. The Kier molecular flexibility index (Phi) is 70.9. The molecule has 10 heavy (non-hydrogen) atoms. The van der Waals surface area contributed by atoms with E-state index in [0.29, 0.717) is 0 Å². The maximum atomic E-state index is 8.52. The van der Waals surface area contributed by atoms with Crippen LogP contribution in [-0.2, 0) is 10.4 Å². The van der Waals surface area contributed by atoms with E-state index in [4.69, 9.17) is 17.5 Å². The average molecular weight is 285 g/mol. The number of hydrogen-bond acceptors (Lipinski definition) is 4. The second-order valence-corrected chi connectivity index (χ2v) is 1.22. The fourth-order valence-electron chi connectivity index (χ4n) is 0. The number of halogens is 2. The minimum Gasteiger partial charge on any atom is -1.00 e. The standard InChI is InChI=1S/Ca.2ClH.2K.H2O4S/c;;;;;1-5(2,3)4/h;2*1H;;;(H2,1,2,3,4)/q+2;;;2*+1;/p-4. The van der Waals surface area contributed by atoms with Gasteiger partial charge in [0.15, 0.2) is 0 Å². The van der Waals surface area contributed by atoms with Crippen molar-refractivity contribution >= 4 is 48.1 Å². The first-order chi connectivity index (χ1) is 2.00. The predicted octanol–water partition coefficient (Wildman–Crippen LogP) is -13.7. The first-order valence-electron chi connectivity index (χ1n) is 0.667. The summed E-state index contributed by atoms with van der Waals surface area (Å²) in [7, 11) is -5.17. The van der Waals surface area contributed by atoms with E-state index in [1.165, 1.54) is 0 Å². The summed E-state index contributed by atoms with van der Waals surface area (Å²) in [6.45, 7) is 0. The van der Waals surface area contributed by atoms with Crippen LogP contribution in [-0.4, -0.2) is 55.3 Å². The van der Waals surface area contributed by atoms with E-state index in [1.54, 1.807) is 0 Å². The molecule has 0 fully saturated rings. The molecule has 0 bridgehead atoms. The third kappa shape index (κ3) is 75.1. The first-order valence-corrected chi connectivity index (χ1v) is 2.00. The normalized spacial score (nSPS) is 5.80.